The van der Waals surface area contributed by atoms with Crippen molar-refractivity contribution in [2.75, 3.05) is 6.54 Å². The van der Waals surface area contributed by atoms with E-state index in [0.29, 0.717) is 32.2 Å². The lowest BCUT2D eigenvalue weighted by Gasteiger charge is -2.33. The van der Waals surface area contributed by atoms with Gasteiger partial charge in [-0.15, -0.1) is 0 Å². The monoisotopic (exact) mass is 277 g/mol. The molecule has 0 bridgehead atoms. The standard InChI is InChI=1S/C14H25F2NO2/c1-3-14(4-2,13(18)19)9-17-11-7-5-10(6-8-11)12(15)16/h10-12,17H,3-9H2,1-2H3,(H,18,19). The van der Waals surface area contributed by atoms with E-state index < -0.39 is 23.7 Å². The van der Waals surface area contributed by atoms with Crippen molar-refractivity contribution >= 4 is 5.97 Å². The zero-order valence-corrected chi connectivity index (χ0v) is 11.8. The third kappa shape index (κ3) is 4.13. The summed E-state index contributed by atoms with van der Waals surface area (Å²) in [5, 5.41) is 12.6. The molecule has 0 radical (unpaired) electrons. The fraction of sp³-hybridized carbons (Fsp3) is 0.929. The molecule has 112 valence electrons. The molecule has 0 aromatic heterocycles. The van der Waals surface area contributed by atoms with Crippen molar-refractivity contribution in [2.24, 2.45) is 11.3 Å². The van der Waals surface area contributed by atoms with Gasteiger partial charge < -0.3 is 10.4 Å². The van der Waals surface area contributed by atoms with Crippen molar-refractivity contribution in [3.05, 3.63) is 0 Å². The second-order valence-electron chi connectivity index (χ2n) is 5.62. The van der Waals surface area contributed by atoms with Gasteiger partial charge in [0.15, 0.2) is 0 Å². The van der Waals surface area contributed by atoms with Crippen LogP contribution in [0.25, 0.3) is 0 Å². The zero-order chi connectivity index (χ0) is 14.5. The largest absolute Gasteiger partial charge is 0.481 e. The molecule has 0 amide bonds. The first-order valence-corrected chi connectivity index (χ1v) is 7.20. The van der Waals surface area contributed by atoms with Crippen molar-refractivity contribution < 1.29 is 18.7 Å². The molecule has 1 saturated carbocycles. The lowest BCUT2D eigenvalue weighted by atomic mass is 9.81. The van der Waals surface area contributed by atoms with E-state index >= 15 is 0 Å². The minimum atomic E-state index is -2.22. The molecule has 5 heteroatoms. The molecule has 3 nitrogen and oxygen atoms in total. The van der Waals surface area contributed by atoms with E-state index in [4.69, 9.17) is 0 Å². The van der Waals surface area contributed by atoms with Crippen LogP contribution in [0.2, 0.25) is 0 Å². The SMILES string of the molecule is CCC(CC)(CNC1CCC(C(F)F)CC1)C(=O)O. The predicted molar refractivity (Wildman–Crippen MR) is 70.4 cm³/mol. The van der Waals surface area contributed by atoms with E-state index in [0.717, 1.165) is 12.8 Å². The number of rotatable bonds is 7. The van der Waals surface area contributed by atoms with E-state index in [-0.39, 0.29) is 6.04 Å². The zero-order valence-electron chi connectivity index (χ0n) is 11.8. The van der Waals surface area contributed by atoms with Gasteiger partial charge in [-0.05, 0) is 38.5 Å². The van der Waals surface area contributed by atoms with Gasteiger partial charge in [-0.25, -0.2) is 8.78 Å². The van der Waals surface area contributed by atoms with Crippen molar-refractivity contribution in [3.63, 3.8) is 0 Å². The molecular formula is C14H25F2NO2. The molecule has 0 saturated heterocycles. The Kier molecular flexibility index (Phi) is 6.17. The molecule has 0 aliphatic heterocycles. The Morgan fingerprint density at radius 1 is 1.26 bits per heavy atom. The summed E-state index contributed by atoms with van der Waals surface area (Å²) in [4.78, 5) is 11.4. The van der Waals surface area contributed by atoms with Crippen LogP contribution in [-0.2, 0) is 4.79 Å². The molecule has 1 fully saturated rings. The molecule has 0 spiro atoms. The predicted octanol–water partition coefficient (Wildman–Crippen LogP) is 3.29. The highest BCUT2D eigenvalue weighted by molar-refractivity contribution is 5.74. The van der Waals surface area contributed by atoms with Crippen molar-refractivity contribution in [1.29, 1.82) is 0 Å². The molecule has 0 atom stereocenters. The third-order valence-electron chi connectivity index (χ3n) is 4.66. The maximum atomic E-state index is 12.5. The molecule has 0 unspecified atom stereocenters. The van der Waals surface area contributed by atoms with E-state index in [2.05, 4.69) is 5.32 Å². The summed E-state index contributed by atoms with van der Waals surface area (Å²) >= 11 is 0. The van der Waals surface area contributed by atoms with Crippen LogP contribution in [-0.4, -0.2) is 30.1 Å². The maximum absolute atomic E-state index is 12.5. The number of hydrogen-bond donors (Lipinski definition) is 2. The fourth-order valence-electron chi connectivity index (χ4n) is 2.79. The Morgan fingerprint density at radius 2 is 1.79 bits per heavy atom. The van der Waals surface area contributed by atoms with Crippen molar-refractivity contribution in [2.45, 2.75) is 64.8 Å². The fourth-order valence-corrected chi connectivity index (χ4v) is 2.79. The van der Waals surface area contributed by atoms with E-state index in [1.807, 2.05) is 13.8 Å². The average molecular weight is 277 g/mol. The normalized spacial score (nSPS) is 24.7. The van der Waals surface area contributed by atoms with Crippen LogP contribution in [0.4, 0.5) is 8.78 Å². The van der Waals surface area contributed by atoms with Gasteiger partial charge in [-0.3, -0.25) is 4.79 Å². The molecule has 1 aliphatic carbocycles. The minimum Gasteiger partial charge on any atom is -0.481 e. The number of carboxylic acid groups (broad SMARTS) is 1. The average Bonchev–Trinajstić information content (AvgIpc) is 2.40. The first-order valence-electron chi connectivity index (χ1n) is 7.20. The molecule has 2 N–H and O–H groups in total. The number of alkyl halides is 2. The van der Waals surface area contributed by atoms with Crippen LogP contribution in [0.5, 0.6) is 0 Å². The number of halogens is 2. The van der Waals surface area contributed by atoms with Crippen LogP contribution < -0.4 is 5.32 Å². The maximum Gasteiger partial charge on any atom is 0.310 e. The van der Waals surface area contributed by atoms with Crippen LogP contribution >= 0.6 is 0 Å². The van der Waals surface area contributed by atoms with Crippen LogP contribution in [0.3, 0.4) is 0 Å². The third-order valence-corrected chi connectivity index (χ3v) is 4.66. The summed E-state index contributed by atoms with van der Waals surface area (Å²) in [5.41, 5.74) is -0.723. The van der Waals surface area contributed by atoms with Gasteiger partial charge in [-0.1, -0.05) is 13.8 Å². The smallest absolute Gasteiger partial charge is 0.310 e. The van der Waals surface area contributed by atoms with Gasteiger partial charge >= 0.3 is 5.97 Å². The van der Waals surface area contributed by atoms with Gasteiger partial charge in [0.2, 0.25) is 6.43 Å². The van der Waals surface area contributed by atoms with Gasteiger partial charge in [-0.2, -0.15) is 0 Å². The summed E-state index contributed by atoms with van der Waals surface area (Å²) in [7, 11) is 0. The molecular weight excluding hydrogens is 252 g/mol. The lowest BCUT2D eigenvalue weighted by Crippen LogP contribution is -2.45. The summed E-state index contributed by atoms with van der Waals surface area (Å²) < 4.78 is 25.1. The van der Waals surface area contributed by atoms with Crippen LogP contribution in [0, 0.1) is 11.3 Å². The highest BCUT2D eigenvalue weighted by Crippen LogP contribution is 2.31. The number of nitrogens with one attached hydrogen (secondary N) is 1. The Labute approximate surface area is 113 Å². The van der Waals surface area contributed by atoms with Gasteiger partial charge in [0.1, 0.15) is 0 Å². The number of carbonyl (C=O) groups is 1. The quantitative estimate of drug-likeness (QED) is 0.750. The second-order valence-corrected chi connectivity index (χ2v) is 5.62. The molecule has 19 heavy (non-hydrogen) atoms. The Morgan fingerprint density at radius 3 is 2.16 bits per heavy atom. The van der Waals surface area contributed by atoms with Gasteiger partial charge in [0.05, 0.1) is 5.41 Å². The van der Waals surface area contributed by atoms with Crippen molar-refractivity contribution in [1.82, 2.24) is 5.32 Å². The summed E-state index contributed by atoms with van der Waals surface area (Å²) in [6.45, 7) is 4.19. The van der Waals surface area contributed by atoms with Crippen molar-refractivity contribution in [3.8, 4) is 0 Å². The van der Waals surface area contributed by atoms with E-state index in [1.54, 1.807) is 0 Å². The molecule has 0 aromatic carbocycles. The molecule has 0 aromatic rings. The highest BCUT2D eigenvalue weighted by Gasteiger charge is 2.36. The molecule has 1 aliphatic rings. The summed E-state index contributed by atoms with van der Waals surface area (Å²) in [6, 6.07) is 0.187. The van der Waals surface area contributed by atoms with E-state index in [1.165, 1.54) is 0 Å². The Balaban J connectivity index is 2.43. The topological polar surface area (TPSA) is 49.3 Å². The second kappa shape index (κ2) is 7.17. The Bertz CT molecular complexity index is 285. The van der Waals surface area contributed by atoms with Gasteiger partial charge in [0.25, 0.3) is 0 Å². The van der Waals surface area contributed by atoms with Crippen LogP contribution in [0.1, 0.15) is 52.4 Å². The van der Waals surface area contributed by atoms with Crippen LogP contribution in [0.15, 0.2) is 0 Å². The minimum absolute atomic E-state index is 0.187. The molecule has 1 rings (SSSR count). The highest BCUT2D eigenvalue weighted by atomic mass is 19.3. The summed E-state index contributed by atoms with van der Waals surface area (Å²) in [6.07, 6.45) is 1.46. The Hall–Kier alpha value is -0.710. The van der Waals surface area contributed by atoms with E-state index in [9.17, 15) is 18.7 Å². The number of carboxylic acids is 1. The summed E-state index contributed by atoms with van der Waals surface area (Å²) in [5.74, 6) is -1.24. The number of aliphatic carboxylic acids is 1. The number of hydrogen-bond acceptors (Lipinski definition) is 2. The van der Waals surface area contributed by atoms with Gasteiger partial charge in [0, 0.05) is 18.5 Å². The molecule has 0 heterocycles. The first-order chi connectivity index (χ1) is 8.95. The first kappa shape index (κ1) is 16.3. The lowest BCUT2D eigenvalue weighted by molar-refractivity contribution is -0.149.